The molecule has 1 fully saturated rings. The number of nitrogens with two attached hydrogens (primary N) is 1. The molecule has 2 rings (SSSR count). The minimum atomic E-state index is -3.00. The molecule has 1 aliphatic rings. The Morgan fingerprint density at radius 1 is 1.32 bits per heavy atom. The monoisotopic (exact) mass is 314 g/mol. The fourth-order valence-electron chi connectivity index (χ4n) is 3.17. The predicted octanol–water partition coefficient (Wildman–Crippen LogP) is 2.77. The summed E-state index contributed by atoms with van der Waals surface area (Å²) < 4.78 is 38.3. The van der Waals surface area contributed by atoms with E-state index in [0.29, 0.717) is 18.2 Å². The van der Waals surface area contributed by atoms with E-state index >= 15 is 0 Å². The Hall–Kier alpha value is -1.40. The minimum absolute atomic E-state index is 0.0643. The fraction of sp³-hybridized carbons (Fsp3) is 0.625. The number of rotatable bonds is 5. The fourth-order valence-corrected chi connectivity index (χ4v) is 3.17. The van der Waals surface area contributed by atoms with Crippen molar-refractivity contribution in [3.8, 4) is 11.5 Å². The standard InChI is InChI=1S/C16H24F2N2O2/c1-16(17,18)12-6-11(7-14(21-3)15(12)22-4)13-5-10(8-19)9-20(13)2/h6-7,10,13H,5,8-9,19H2,1-4H3. The van der Waals surface area contributed by atoms with Crippen LogP contribution in [0.5, 0.6) is 11.5 Å². The van der Waals surface area contributed by atoms with Crippen molar-refractivity contribution in [3.05, 3.63) is 23.3 Å². The molecule has 2 N–H and O–H groups in total. The number of halogens is 2. The molecule has 1 aromatic rings. The number of nitrogens with zero attached hydrogens (tertiary/aromatic N) is 1. The van der Waals surface area contributed by atoms with Crippen LogP contribution < -0.4 is 15.2 Å². The first-order valence-electron chi connectivity index (χ1n) is 7.36. The van der Waals surface area contributed by atoms with Gasteiger partial charge in [-0.1, -0.05) is 0 Å². The van der Waals surface area contributed by atoms with Crippen molar-refractivity contribution in [2.45, 2.75) is 25.3 Å². The molecule has 0 radical (unpaired) electrons. The lowest BCUT2D eigenvalue weighted by Crippen LogP contribution is -2.21. The van der Waals surface area contributed by atoms with Crippen LogP contribution in [0.25, 0.3) is 0 Å². The van der Waals surface area contributed by atoms with Gasteiger partial charge in [0.05, 0.1) is 19.8 Å². The van der Waals surface area contributed by atoms with Crippen molar-refractivity contribution in [3.63, 3.8) is 0 Å². The summed E-state index contributed by atoms with van der Waals surface area (Å²) in [6, 6.07) is 3.38. The average Bonchev–Trinajstić information content (AvgIpc) is 2.86. The lowest BCUT2D eigenvalue weighted by Gasteiger charge is -2.24. The Morgan fingerprint density at radius 3 is 2.45 bits per heavy atom. The number of hydrogen-bond donors (Lipinski definition) is 1. The molecule has 1 saturated heterocycles. The third-order valence-corrected chi connectivity index (χ3v) is 4.33. The van der Waals surface area contributed by atoms with Crippen molar-refractivity contribution in [1.29, 1.82) is 0 Å². The van der Waals surface area contributed by atoms with Gasteiger partial charge in [0.25, 0.3) is 5.92 Å². The lowest BCUT2D eigenvalue weighted by molar-refractivity contribution is 0.0145. The van der Waals surface area contributed by atoms with Crippen molar-refractivity contribution >= 4 is 0 Å². The van der Waals surface area contributed by atoms with Gasteiger partial charge in [-0.2, -0.15) is 0 Å². The van der Waals surface area contributed by atoms with E-state index in [0.717, 1.165) is 25.5 Å². The maximum Gasteiger partial charge on any atom is 0.274 e. The molecule has 0 spiro atoms. The molecule has 1 aliphatic heterocycles. The van der Waals surface area contributed by atoms with E-state index in [9.17, 15) is 8.78 Å². The zero-order valence-corrected chi connectivity index (χ0v) is 13.5. The first-order chi connectivity index (χ1) is 10.3. The van der Waals surface area contributed by atoms with Crippen molar-refractivity contribution in [2.75, 3.05) is 34.4 Å². The van der Waals surface area contributed by atoms with Crippen LogP contribution in [-0.2, 0) is 5.92 Å². The van der Waals surface area contributed by atoms with E-state index < -0.39 is 5.92 Å². The normalized spacial score (nSPS) is 22.9. The Kier molecular flexibility index (Phi) is 4.92. The first kappa shape index (κ1) is 17.0. The van der Waals surface area contributed by atoms with Crippen molar-refractivity contribution < 1.29 is 18.3 Å². The Morgan fingerprint density at radius 2 is 2.00 bits per heavy atom. The van der Waals surface area contributed by atoms with Gasteiger partial charge in [-0.15, -0.1) is 0 Å². The second-order valence-corrected chi connectivity index (χ2v) is 5.99. The molecule has 1 aromatic carbocycles. The molecule has 0 amide bonds. The van der Waals surface area contributed by atoms with Crippen LogP contribution in [0.2, 0.25) is 0 Å². The summed E-state index contributed by atoms with van der Waals surface area (Å²) in [6.07, 6.45) is 0.858. The van der Waals surface area contributed by atoms with Crippen LogP contribution in [0.1, 0.15) is 30.5 Å². The second-order valence-electron chi connectivity index (χ2n) is 5.99. The third kappa shape index (κ3) is 3.17. The molecule has 2 unspecified atom stereocenters. The second kappa shape index (κ2) is 6.38. The molecule has 6 heteroatoms. The molecule has 0 saturated carbocycles. The highest BCUT2D eigenvalue weighted by atomic mass is 19.3. The number of ether oxygens (including phenoxy) is 2. The highest BCUT2D eigenvalue weighted by molar-refractivity contribution is 5.52. The lowest BCUT2D eigenvalue weighted by atomic mass is 9.96. The van der Waals surface area contributed by atoms with Gasteiger partial charge in [-0.3, -0.25) is 4.90 Å². The molecular formula is C16H24F2N2O2. The van der Waals surface area contributed by atoms with Gasteiger partial charge in [0.1, 0.15) is 0 Å². The van der Waals surface area contributed by atoms with E-state index in [1.54, 1.807) is 6.07 Å². The number of likely N-dealkylation sites (tertiary alicyclic amines) is 1. The first-order valence-corrected chi connectivity index (χ1v) is 7.36. The summed E-state index contributed by atoms with van der Waals surface area (Å²) in [6.45, 7) is 2.34. The molecular weight excluding hydrogens is 290 g/mol. The average molecular weight is 314 g/mol. The number of methoxy groups -OCH3 is 2. The third-order valence-electron chi connectivity index (χ3n) is 4.33. The topological polar surface area (TPSA) is 47.7 Å². The molecule has 2 atom stereocenters. The molecule has 124 valence electrons. The van der Waals surface area contributed by atoms with E-state index in [1.807, 2.05) is 7.05 Å². The SMILES string of the molecule is COc1cc(C2CC(CN)CN2C)cc(C(C)(F)F)c1OC. The molecule has 0 bridgehead atoms. The summed E-state index contributed by atoms with van der Waals surface area (Å²) in [5.74, 6) is -2.19. The highest BCUT2D eigenvalue weighted by Gasteiger charge is 2.35. The van der Waals surface area contributed by atoms with E-state index in [-0.39, 0.29) is 17.4 Å². The van der Waals surface area contributed by atoms with Gasteiger partial charge in [0.2, 0.25) is 0 Å². The van der Waals surface area contributed by atoms with Gasteiger partial charge >= 0.3 is 0 Å². The van der Waals surface area contributed by atoms with Gasteiger partial charge in [-0.25, -0.2) is 8.78 Å². The molecule has 22 heavy (non-hydrogen) atoms. The summed E-state index contributed by atoms with van der Waals surface area (Å²) in [5.41, 5.74) is 6.41. The molecule has 1 heterocycles. The van der Waals surface area contributed by atoms with E-state index in [1.165, 1.54) is 20.3 Å². The van der Waals surface area contributed by atoms with Crippen LogP contribution in [0.4, 0.5) is 8.78 Å². The summed E-state index contributed by atoms with van der Waals surface area (Å²) >= 11 is 0. The quantitative estimate of drug-likeness (QED) is 0.908. The van der Waals surface area contributed by atoms with Crippen molar-refractivity contribution in [1.82, 2.24) is 4.90 Å². The molecule has 0 aliphatic carbocycles. The summed E-state index contributed by atoms with van der Waals surface area (Å²) in [4.78, 5) is 2.15. The van der Waals surface area contributed by atoms with Crippen LogP contribution in [0.15, 0.2) is 12.1 Å². The van der Waals surface area contributed by atoms with Crippen LogP contribution in [0.3, 0.4) is 0 Å². The smallest absolute Gasteiger partial charge is 0.274 e. The van der Waals surface area contributed by atoms with Gasteiger partial charge < -0.3 is 15.2 Å². The van der Waals surface area contributed by atoms with Gasteiger partial charge in [0, 0.05) is 19.5 Å². The van der Waals surface area contributed by atoms with Crippen LogP contribution >= 0.6 is 0 Å². The van der Waals surface area contributed by atoms with E-state index in [2.05, 4.69) is 4.90 Å². The number of hydrogen-bond acceptors (Lipinski definition) is 4. The minimum Gasteiger partial charge on any atom is -0.493 e. The Labute approximate surface area is 130 Å². The Bertz CT molecular complexity index is 532. The molecule has 4 nitrogen and oxygen atoms in total. The summed E-state index contributed by atoms with van der Waals surface area (Å²) in [5, 5.41) is 0. The van der Waals surface area contributed by atoms with Crippen LogP contribution in [-0.4, -0.2) is 39.3 Å². The van der Waals surface area contributed by atoms with Gasteiger partial charge in [0.15, 0.2) is 11.5 Å². The summed E-state index contributed by atoms with van der Waals surface area (Å²) in [7, 11) is 4.82. The van der Waals surface area contributed by atoms with E-state index in [4.69, 9.17) is 15.2 Å². The maximum absolute atomic E-state index is 14.0. The Balaban J connectivity index is 2.49. The highest BCUT2D eigenvalue weighted by Crippen LogP contribution is 2.44. The van der Waals surface area contributed by atoms with Crippen LogP contribution in [0, 0.1) is 5.92 Å². The number of benzene rings is 1. The zero-order chi connectivity index (χ0) is 16.5. The maximum atomic E-state index is 14.0. The van der Waals surface area contributed by atoms with Crippen molar-refractivity contribution in [2.24, 2.45) is 11.7 Å². The largest absolute Gasteiger partial charge is 0.493 e. The zero-order valence-electron chi connectivity index (χ0n) is 13.5. The van der Waals surface area contributed by atoms with Gasteiger partial charge in [-0.05, 0) is 43.6 Å². The number of alkyl halides is 2. The molecule has 0 aromatic heterocycles. The predicted molar refractivity (Wildman–Crippen MR) is 81.6 cm³/mol.